The molecular formula is C26H27N5O3S. The summed E-state index contributed by atoms with van der Waals surface area (Å²) in [7, 11) is -3.80. The van der Waals surface area contributed by atoms with Crippen LogP contribution in [0.3, 0.4) is 0 Å². The van der Waals surface area contributed by atoms with E-state index in [0.29, 0.717) is 31.1 Å². The molecule has 0 spiro atoms. The molecule has 0 saturated carbocycles. The maximum absolute atomic E-state index is 13.8. The predicted molar refractivity (Wildman–Crippen MR) is 135 cm³/mol. The van der Waals surface area contributed by atoms with Crippen LogP contribution in [-0.2, 0) is 21.4 Å². The van der Waals surface area contributed by atoms with Crippen LogP contribution in [-0.4, -0.2) is 53.1 Å². The lowest BCUT2D eigenvalue weighted by Gasteiger charge is -2.39. The van der Waals surface area contributed by atoms with Crippen molar-refractivity contribution in [3.05, 3.63) is 90.3 Å². The molecule has 0 aliphatic carbocycles. The van der Waals surface area contributed by atoms with Crippen LogP contribution in [0, 0.1) is 0 Å². The minimum absolute atomic E-state index is 0.184. The Hall–Kier alpha value is -3.53. The van der Waals surface area contributed by atoms with Crippen LogP contribution in [0.2, 0.25) is 0 Å². The lowest BCUT2D eigenvalue weighted by Crippen LogP contribution is -2.50. The van der Waals surface area contributed by atoms with E-state index < -0.39 is 16.1 Å². The van der Waals surface area contributed by atoms with Gasteiger partial charge in [0.15, 0.2) is 0 Å². The number of carbonyl (C=O) groups is 1. The molecule has 4 aromatic rings. The summed E-state index contributed by atoms with van der Waals surface area (Å²) in [5.41, 5.74) is 3.41. The van der Waals surface area contributed by atoms with Gasteiger partial charge in [0, 0.05) is 38.8 Å². The molecule has 8 nitrogen and oxygen atoms in total. The SMILES string of the molecule is CC(=O)Nc1ccc(S(=O)(=O)N2CCN(Cc3ccccc3)CC2c2nc3ccccc3[nH]2)cc1. The van der Waals surface area contributed by atoms with Crippen molar-refractivity contribution in [2.24, 2.45) is 0 Å². The molecule has 180 valence electrons. The van der Waals surface area contributed by atoms with Gasteiger partial charge in [-0.1, -0.05) is 42.5 Å². The zero-order valence-electron chi connectivity index (χ0n) is 19.4. The zero-order chi connectivity index (χ0) is 24.4. The first-order valence-electron chi connectivity index (χ1n) is 11.5. The number of hydrogen-bond acceptors (Lipinski definition) is 5. The predicted octanol–water partition coefficient (Wildman–Crippen LogP) is 3.77. The first kappa shape index (κ1) is 23.2. The van der Waals surface area contributed by atoms with Gasteiger partial charge in [-0.2, -0.15) is 4.31 Å². The van der Waals surface area contributed by atoms with Gasteiger partial charge in [-0.05, 0) is 42.0 Å². The second-order valence-corrected chi connectivity index (χ2v) is 10.6. The lowest BCUT2D eigenvalue weighted by molar-refractivity contribution is -0.114. The quantitative estimate of drug-likeness (QED) is 0.430. The number of hydrogen-bond donors (Lipinski definition) is 2. The van der Waals surface area contributed by atoms with Crippen molar-refractivity contribution < 1.29 is 13.2 Å². The number of imidazole rings is 1. The molecule has 1 unspecified atom stereocenters. The largest absolute Gasteiger partial charge is 0.341 e. The van der Waals surface area contributed by atoms with E-state index in [9.17, 15) is 13.2 Å². The molecule has 1 amide bonds. The van der Waals surface area contributed by atoms with E-state index in [1.54, 1.807) is 16.4 Å². The average Bonchev–Trinajstić information content (AvgIpc) is 3.29. The number of carbonyl (C=O) groups excluding carboxylic acids is 1. The Balaban J connectivity index is 1.47. The molecular weight excluding hydrogens is 462 g/mol. The fourth-order valence-corrected chi connectivity index (χ4v) is 6.07. The van der Waals surface area contributed by atoms with Crippen LogP contribution >= 0.6 is 0 Å². The Morgan fingerprint density at radius 1 is 1.00 bits per heavy atom. The van der Waals surface area contributed by atoms with Crippen LogP contribution in [0.15, 0.2) is 83.8 Å². The van der Waals surface area contributed by atoms with Gasteiger partial charge in [0.25, 0.3) is 0 Å². The third-order valence-electron chi connectivity index (χ3n) is 6.17. The first-order valence-corrected chi connectivity index (χ1v) is 12.9. The molecule has 1 fully saturated rings. The molecule has 0 bridgehead atoms. The molecule has 9 heteroatoms. The van der Waals surface area contributed by atoms with E-state index in [1.165, 1.54) is 24.6 Å². The van der Waals surface area contributed by atoms with E-state index in [4.69, 9.17) is 4.98 Å². The number of nitrogens with zero attached hydrogens (tertiary/aromatic N) is 3. The standard InChI is InChI=1S/C26H27N5O3S/c1-19(32)27-21-11-13-22(14-12-21)35(33,34)31-16-15-30(17-20-7-3-2-4-8-20)18-25(31)26-28-23-9-5-6-10-24(23)29-26/h2-14,25H,15-18H2,1H3,(H,27,32)(H,28,29). The second-order valence-electron chi connectivity index (χ2n) is 8.70. The summed E-state index contributed by atoms with van der Waals surface area (Å²) < 4.78 is 29.1. The van der Waals surface area contributed by atoms with Gasteiger partial charge >= 0.3 is 0 Å². The highest BCUT2D eigenvalue weighted by Gasteiger charge is 2.38. The Labute approximate surface area is 204 Å². The minimum atomic E-state index is -3.80. The van der Waals surface area contributed by atoms with Gasteiger partial charge in [-0.15, -0.1) is 0 Å². The fourth-order valence-electron chi connectivity index (χ4n) is 4.50. The number of H-pyrrole nitrogens is 1. The average molecular weight is 490 g/mol. The van der Waals surface area contributed by atoms with Gasteiger partial charge < -0.3 is 10.3 Å². The molecule has 35 heavy (non-hydrogen) atoms. The van der Waals surface area contributed by atoms with E-state index in [1.807, 2.05) is 42.5 Å². The molecule has 2 N–H and O–H groups in total. The number of amides is 1. The number of para-hydroxylation sites is 2. The Morgan fingerprint density at radius 2 is 1.71 bits per heavy atom. The molecule has 1 aromatic heterocycles. The van der Waals surface area contributed by atoms with Gasteiger partial charge in [0.2, 0.25) is 15.9 Å². The molecule has 5 rings (SSSR count). The summed E-state index contributed by atoms with van der Waals surface area (Å²) in [5.74, 6) is 0.419. The molecule has 1 aliphatic rings. The third-order valence-corrected chi connectivity index (χ3v) is 8.09. The second kappa shape index (κ2) is 9.61. The summed E-state index contributed by atoms with van der Waals surface area (Å²) in [6.07, 6.45) is 0. The Bertz CT molecular complexity index is 1400. The number of aromatic nitrogens is 2. The summed E-state index contributed by atoms with van der Waals surface area (Å²) in [6, 6.07) is 23.7. The molecule has 3 aromatic carbocycles. The Kier molecular flexibility index (Phi) is 6.38. The van der Waals surface area contributed by atoms with E-state index in [0.717, 1.165) is 17.6 Å². The van der Waals surface area contributed by atoms with Crippen LogP contribution in [0.5, 0.6) is 0 Å². The van der Waals surface area contributed by atoms with Gasteiger partial charge in [-0.3, -0.25) is 9.69 Å². The highest BCUT2D eigenvalue weighted by atomic mass is 32.2. The lowest BCUT2D eigenvalue weighted by atomic mass is 10.1. The zero-order valence-corrected chi connectivity index (χ0v) is 20.2. The summed E-state index contributed by atoms with van der Waals surface area (Å²) in [4.78, 5) is 21.9. The van der Waals surface area contributed by atoms with E-state index in [2.05, 4.69) is 27.3 Å². The number of rotatable bonds is 6. The molecule has 2 heterocycles. The van der Waals surface area contributed by atoms with E-state index >= 15 is 0 Å². The number of sulfonamides is 1. The number of anilines is 1. The van der Waals surface area contributed by atoms with Crippen LogP contribution in [0.4, 0.5) is 5.69 Å². The number of fused-ring (bicyclic) bond motifs is 1. The van der Waals surface area contributed by atoms with Crippen molar-refractivity contribution in [2.75, 3.05) is 25.0 Å². The number of benzene rings is 3. The highest BCUT2D eigenvalue weighted by molar-refractivity contribution is 7.89. The van der Waals surface area contributed by atoms with Crippen LogP contribution < -0.4 is 5.32 Å². The summed E-state index contributed by atoms with van der Waals surface area (Å²) in [5, 5.41) is 2.67. The maximum atomic E-state index is 13.8. The van der Waals surface area contributed by atoms with Crippen molar-refractivity contribution in [2.45, 2.75) is 24.4 Å². The van der Waals surface area contributed by atoms with Gasteiger partial charge in [0.05, 0.1) is 22.0 Å². The number of nitrogens with one attached hydrogen (secondary N) is 2. The van der Waals surface area contributed by atoms with Crippen molar-refractivity contribution in [3.8, 4) is 0 Å². The fraction of sp³-hybridized carbons (Fsp3) is 0.231. The Morgan fingerprint density at radius 3 is 2.43 bits per heavy atom. The number of piperazine rings is 1. The van der Waals surface area contributed by atoms with Gasteiger partial charge in [0.1, 0.15) is 5.82 Å². The van der Waals surface area contributed by atoms with Gasteiger partial charge in [-0.25, -0.2) is 13.4 Å². The first-order chi connectivity index (χ1) is 16.9. The third kappa shape index (κ3) is 4.97. The summed E-state index contributed by atoms with van der Waals surface area (Å²) in [6.45, 7) is 3.60. The molecule has 0 radical (unpaired) electrons. The smallest absolute Gasteiger partial charge is 0.243 e. The normalized spacial score (nSPS) is 17.5. The minimum Gasteiger partial charge on any atom is -0.341 e. The van der Waals surface area contributed by atoms with E-state index in [-0.39, 0.29) is 10.8 Å². The van der Waals surface area contributed by atoms with Crippen LogP contribution in [0.1, 0.15) is 24.4 Å². The van der Waals surface area contributed by atoms with Crippen molar-refractivity contribution in [1.29, 1.82) is 0 Å². The monoisotopic (exact) mass is 489 g/mol. The molecule has 1 aliphatic heterocycles. The number of aromatic amines is 1. The topological polar surface area (TPSA) is 98.4 Å². The summed E-state index contributed by atoms with van der Waals surface area (Å²) >= 11 is 0. The van der Waals surface area contributed by atoms with Crippen molar-refractivity contribution in [1.82, 2.24) is 19.2 Å². The maximum Gasteiger partial charge on any atom is 0.243 e. The molecule has 1 saturated heterocycles. The van der Waals surface area contributed by atoms with Crippen molar-refractivity contribution in [3.63, 3.8) is 0 Å². The highest BCUT2D eigenvalue weighted by Crippen LogP contribution is 2.32. The molecule has 1 atom stereocenters. The van der Waals surface area contributed by atoms with Crippen molar-refractivity contribution >= 4 is 32.7 Å². The van der Waals surface area contributed by atoms with Crippen LogP contribution in [0.25, 0.3) is 11.0 Å².